The molecule has 0 unspecified atom stereocenters. The van der Waals surface area contributed by atoms with E-state index in [1.807, 2.05) is 13.8 Å². The summed E-state index contributed by atoms with van der Waals surface area (Å²) in [4.78, 5) is 10.8. The Hall–Kier alpha value is -0.810. The molecule has 0 saturated heterocycles. The third-order valence-corrected chi connectivity index (χ3v) is 1.58. The number of ketones is 1. The molecule has 0 heterocycles. The van der Waals surface area contributed by atoms with Crippen LogP contribution >= 0.6 is 0 Å². The highest BCUT2D eigenvalue weighted by atomic mass is 16.1. The van der Waals surface area contributed by atoms with E-state index in [1.165, 1.54) is 0 Å². The maximum atomic E-state index is 10.8. The Balaban J connectivity index is 2.84. The first kappa shape index (κ1) is 6.31. The zero-order valence-electron chi connectivity index (χ0n) is 5.82. The Morgan fingerprint density at radius 3 is 2.56 bits per heavy atom. The van der Waals surface area contributed by atoms with Crippen molar-refractivity contribution in [2.24, 2.45) is 0 Å². The lowest BCUT2D eigenvalue weighted by molar-refractivity contribution is -0.114. The lowest BCUT2D eigenvalue weighted by atomic mass is 10.1. The Kier molecular flexibility index (Phi) is 1.54. The summed E-state index contributed by atoms with van der Waals surface area (Å²) in [6.07, 6.45) is 1.57. The zero-order chi connectivity index (χ0) is 6.85. The first-order valence-electron chi connectivity index (χ1n) is 3.22. The normalized spacial score (nSPS) is 17.8. The summed E-state index contributed by atoms with van der Waals surface area (Å²) in [5.41, 5.74) is 4.99. The van der Waals surface area contributed by atoms with Crippen molar-refractivity contribution >= 4 is 5.78 Å². The second-order valence-electron chi connectivity index (χ2n) is 2.31. The molecule has 9 heavy (non-hydrogen) atoms. The summed E-state index contributed by atoms with van der Waals surface area (Å²) in [5.74, 6) is 0.242. The molecule has 0 aliphatic heterocycles. The van der Waals surface area contributed by atoms with Crippen molar-refractivity contribution < 1.29 is 4.79 Å². The van der Waals surface area contributed by atoms with E-state index in [9.17, 15) is 4.79 Å². The van der Waals surface area contributed by atoms with Crippen molar-refractivity contribution in [1.29, 1.82) is 0 Å². The second kappa shape index (κ2) is 2.20. The van der Waals surface area contributed by atoms with Gasteiger partial charge in [-0.1, -0.05) is 6.92 Å². The van der Waals surface area contributed by atoms with Gasteiger partial charge in [-0.05, 0) is 18.9 Å². The summed E-state index contributed by atoms with van der Waals surface area (Å²) >= 11 is 0. The van der Waals surface area contributed by atoms with Crippen molar-refractivity contribution in [3.05, 3.63) is 16.9 Å². The molecule has 0 aromatic rings. The third-order valence-electron chi connectivity index (χ3n) is 1.58. The van der Waals surface area contributed by atoms with E-state index in [0.29, 0.717) is 6.42 Å². The van der Waals surface area contributed by atoms with Crippen molar-refractivity contribution in [2.45, 2.75) is 26.7 Å². The van der Waals surface area contributed by atoms with Gasteiger partial charge in [-0.25, -0.2) is 0 Å². The molecule has 0 aromatic heterocycles. The van der Waals surface area contributed by atoms with Crippen molar-refractivity contribution in [3.63, 3.8) is 0 Å². The Morgan fingerprint density at radius 1 is 1.67 bits per heavy atom. The number of hydrogen-bond acceptors (Lipinski definition) is 1. The summed E-state index contributed by atoms with van der Waals surface area (Å²) in [6.45, 7) is 3.87. The van der Waals surface area contributed by atoms with Crippen LogP contribution in [0.4, 0.5) is 0 Å². The van der Waals surface area contributed by atoms with Gasteiger partial charge < -0.3 is 0 Å². The molecular formula is C8H10O. The molecule has 1 nitrogen and oxygen atoms in total. The van der Waals surface area contributed by atoms with Gasteiger partial charge in [0.05, 0.1) is 0 Å². The average molecular weight is 122 g/mol. The lowest BCUT2D eigenvalue weighted by Crippen LogP contribution is -1.92. The smallest absolute Gasteiger partial charge is 0.170 e. The van der Waals surface area contributed by atoms with E-state index in [4.69, 9.17) is 0 Å². The van der Waals surface area contributed by atoms with E-state index in [2.05, 4.69) is 5.73 Å². The summed E-state index contributed by atoms with van der Waals surface area (Å²) in [7, 11) is 0. The first-order valence-corrected chi connectivity index (χ1v) is 3.22. The molecule has 0 amide bonds. The minimum atomic E-state index is 0.242. The summed E-state index contributed by atoms with van der Waals surface area (Å²) in [6, 6.07) is 0. The summed E-state index contributed by atoms with van der Waals surface area (Å²) < 4.78 is 0. The molecule has 48 valence electrons. The van der Waals surface area contributed by atoms with Crippen LogP contribution in [0.1, 0.15) is 26.7 Å². The van der Waals surface area contributed by atoms with Crippen LogP contribution in [0.25, 0.3) is 0 Å². The number of Topliss-reactive ketones (excluding diaryl/α,β-unsaturated/α-hetero) is 1. The Morgan fingerprint density at radius 2 is 2.33 bits per heavy atom. The molecule has 1 rings (SSSR count). The van der Waals surface area contributed by atoms with Gasteiger partial charge in [-0.15, -0.1) is 5.73 Å². The van der Waals surface area contributed by atoms with Gasteiger partial charge in [0.15, 0.2) is 5.78 Å². The zero-order valence-corrected chi connectivity index (χ0v) is 5.82. The van der Waals surface area contributed by atoms with Gasteiger partial charge in [-0.2, -0.15) is 0 Å². The van der Waals surface area contributed by atoms with Crippen molar-refractivity contribution in [2.75, 3.05) is 0 Å². The van der Waals surface area contributed by atoms with Crippen molar-refractivity contribution in [3.8, 4) is 0 Å². The first-order chi connectivity index (χ1) is 4.24. The third kappa shape index (κ3) is 1.11. The molecule has 0 fully saturated rings. The highest BCUT2D eigenvalue weighted by Gasteiger charge is 2.11. The van der Waals surface area contributed by atoms with Crippen LogP contribution in [-0.4, -0.2) is 5.78 Å². The minimum Gasteiger partial charge on any atom is -0.293 e. The predicted molar refractivity (Wildman–Crippen MR) is 36.1 cm³/mol. The quantitative estimate of drug-likeness (QED) is 0.485. The van der Waals surface area contributed by atoms with Crippen LogP contribution in [0, 0.1) is 0 Å². The van der Waals surface area contributed by atoms with Crippen molar-refractivity contribution in [1.82, 2.24) is 0 Å². The molecule has 0 aromatic carbocycles. The van der Waals surface area contributed by atoms with Crippen LogP contribution < -0.4 is 0 Å². The fraction of sp³-hybridized carbons (Fsp3) is 0.500. The lowest BCUT2D eigenvalue weighted by Gasteiger charge is -1.88. The monoisotopic (exact) mass is 122 g/mol. The number of carbonyl (C=O) groups excluding carboxylic acids is 1. The highest BCUT2D eigenvalue weighted by Crippen LogP contribution is 2.16. The van der Waals surface area contributed by atoms with E-state index < -0.39 is 0 Å². The van der Waals surface area contributed by atoms with E-state index in [1.54, 1.807) is 0 Å². The molecule has 0 radical (unpaired) electrons. The Labute approximate surface area is 55.1 Å². The fourth-order valence-corrected chi connectivity index (χ4v) is 0.919. The molecule has 0 N–H and O–H groups in total. The van der Waals surface area contributed by atoms with Crippen LogP contribution in [0.5, 0.6) is 0 Å². The largest absolute Gasteiger partial charge is 0.293 e. The van der Waals surface area contributed by atoms with E-state index in [-0.39, 0.29) is 5.78 Å². The Bertz CT molecular complexity index is 205. The topological polar surface area (TPSA) is 17.1 Å². The maximum absolute atomic E-state index is 10.8. The van der Waals surface area contributed by atoms with Gasteiger partial charge in [-0.3, -0.25) is 4.79 Å². The maximum Gasteiger partial charge on any atom is 0.170 e. The number of allylic oxidation sites excluding steroid dienone is 1. The van der Waals surface area contributed by atoms with Gasteiger partial charge in [0.1, 0.15) is 0 Å². The summed E-state index contributed by atoms with van der Waals surface area (Å²) in [5, 5.41) is 0. The fourth-order valence-electron chi connectivity index (χ4n) is 0.919. The molecular weight excluding hydrogens is 112 g/mol. The van der Waals surface area contributed by atoms with Crippen LogP contribution in [0.3, 0.4) is 0 Å². The number of carbonyl (C=O) groups is 1. The standard InChI is InChI=1S/C8H10O/c1-3-7-4-6(2)8(9)5-7/h3,5H2,1-2H3. The van der Waals surface area contributed by atoms with E-state index in [0.717, 1.165) is 17.6 Å². The second-order valence-corrected chi connectivity index (χ2v) is 2.31. The number of rotatable bonds is 1. The molecule has 1 aliphatic rings. The average Bonchev–Trinajstić information content (AvgIpc) is 2.13. The highest BCUT2D eigenvalue weighted by molar-refractivity contribution is 5.98. The van der Waals surface area contributed by atoms with E-state index >= 15 is 0 Å². The molecule has 0 bridgehead atoms. The van der Waals surface area contributed by atoms with Crippen LogP contribution in [0.15, 0.2) is 16.9 Å². The molecule has 0 saturated carbocycles. The van der Waals surface area contributed by atoms with Gasteiger partial charge in [0.25, 0.3) is 0 Å². The number of hydrogen-bond donors (Lipinski definition) is 0. The molecule has 0 atom stereocenters. The molecule has 1 aliphatic carbocycles. The predicted octanol–water partition coefficient (Wildman–Crippen LogP) is 1.84. The SMILES string of the molecule is CCC1=C=C(C)C(=O)C1. The molecule has 1 heteroatoms. The van der Waals surface area contributed by atoms with Gasteiger partial charge in [0.2, 0.25) is 0 Å². The molecule has 0 spiro atoms. The van der Waals surface area contributed by atoms with Crippen LogP contribution in [0.2, 0.25) is 0 Å². The van der Waals surface area contributed by atoms with Crippen LogP contribution in [-0.2, 0) is 4.79 Å². The minimum absolute atomic E-state index is 0.242. The van der Waals surface area contributed by atoms with Gasteiger partial charge >= 0.3 is 0 Å². The van der Waals surface area contributed by atoms with Gasteiger partial charge in [0, 0.05) is 12.0 Å².